The number of halogens is 2. The lowest BCUT2D eigenvalue weighted by molar-refractivity contribution is -0.144. The molecule has 1 fully saturated rings. The summed E-state index contributed by atoms with van der Waals surface area (Å²) >= 11 is 0. The number of nitrogens with zero attached hydrogens (tertiary/aromatic N) is 2. The Morgan fingerprint density at radius 3 is 2.35 bits per heavy atom. The second kappa shape index (κ2) is 16.5. The van der Waals surface area contributed by atoms with Crippen molar-refractivity contribution in [2.75, 3.05) is 40.0 Å². The minimum atomic E-state index is -1.11. The predicted molar refractivity (Wildman–Crippen MR) is 183 cm³/mol. The number of amides is 1. The summed E-state index contributed by atoms with van der Waals surface area (Å²) in [6.45, 7) is 14.3. The Morgan fingerprint density at radius 1 is 1.04 bits per heavy atom. The van der Waals surface area contributed by atoms with E-state index in [9.17, 15) is 14.4 Å². The number of aromatic nitrogens is 1. The summed E-state index contributed by atoms with van der Waals surface area (Å²) in [6.07, 6.45) is 1.93. The molecule has 1 aliphatic heterocycles. The van der Waals surface area contributed by atoms with E-state index >= 15 is 8.78 Å². The number of pyridine rings is 1. The van der Waals surface area contributed by atoms with Gasteiger partial charge in [-0.05, 0) is 98.0 Å². The van der Waals surface area contributed by atoms with Crippen molar-refractivity contribution in [2.24, 2.45) is 11.8 Å². The van der Waals surface area contributed by atoms with Crippen LogP contribution in [0.2, 0.25) is 0 Å². The zero-order valence-electron chi connectivity index (χ0n) is 29.2. The summed E-state index contributed by atoms with van der Waals surface area (Å²) < 4.78 is 42.7. The van der Waals surface area contributed by atoms with Gasteiger partial charge in [-0.25, -0.2) is 8.78 Å². The highest BCUT2D eigenvalue weighted by molar-refractivity contribution is 5.82. The van der Waals surface area contributed by atoms with Crippen LogP contribution in [0.5, 0.6) is 0 Å². The van der Waals surface area contributed by atoms with E-state index < -0.39 is 41.2 Å². The molecule has 0 saturated carbocycles. The van der Waals surface area contributed by atoms with Crippen molar-refractivity contribution in [1.82, 2.24) is 14.8 Å². The molecule has 1 N–H and O–H groups in total. The molecule has 10 heteroatoms. The molecular weight excluding hydrogens is 616 g/mol. The first kappa shape index (κ1) is 36.9. The van der Waals surface area contributed by atoms with Gasteiger partial charge in [0.1, 0.15) is 11.9 Å². The minimum absolute atomic E-state index is 0.0481. The SMILES string of the molecule is CCOC(=O)CC(NC(=O)C(CC(C)C)n1cc(CCN2CC(COC)C2)cc(F)c1=O)c1cc(-c2c(C)cccc2C)cc(C)c1F. The molecular formula is C38H49F2N3O5. The van der Waals surface area contributed by atoms with Crippen LogP contribution in [0.25, 0.3) is 11.1 Å². The average molecular weight is 666 g/mol. The van der Waals surface area contributed by atoms with Crippen molar-refractivity contribution in [1.29, 1.82) is 0 Å². The first-order chi connectivity index (χ1) is 22.8. The zero-order valence-corrected chi connectivity index (χ0v) is 29.2. The molecule has 48 heavy (non-hydrogen) atoms. The van der Waals surface area contributed by atoms with E-state index in [2.05, 4.69) is 10.2 Å². The van der Waals surface area contributed by atoms with Gasteiger partial charge >= 0.3 is 5.97 Å². The molecule has 1 aromatic heterocycles. The first-order valence-corrected chi connectivity index (χ1v) is 16.8. The summed E-state index contributed by atoms with van der Waals surface area (Å²) in [7, 11) is 1.68. The number of hydrogen-bond donors (Lipinski definition) is 1. The van der Waals surface area contributed by atoms with Crippen LogP contribution in [0, 0.1) is 44.2 Å². The maximum absolute atomic E-state index is 16.0. The van der Waals surface area contributed by atoms with Crippen molar-refractivity contribution in [3.8, 4) is 11.1 Å². The van der Waals surface area contributed by atoms with Gasteiger partial charge in [-0.1, -0.05) is 32.0 Å². The number of benzene rings is 2. The molecule has 2 aromatic carbocycles. The molecule has 260 valence electrons. The molecule has 0 spiro atoms. The third kappa shape index (κ3) is 8.96. The maximum Gasteiger partial charge on any atom is 0.308 e. The summed E-state index contributed by atoms with van der Waals surface area (Å²) in [6, 6.07) is 8.35. The molecule has 8 nitrogen and oxygen atoms in total. The lowest BCUT2D eigenvalue weighted by Crippen LogP contribution is -2.49. The Kier molecular flexibility index (Phi) is 12.7. The molecule has 0 aliphatic carbocycles. The minimum Gasteiger partial charge on any atom is -0.466 e. The summed E-state index contributed by atoms with van der Waals surface area (Å²) in [4.78, 5) is 42.4. The van der Waals surface area contributed by atoms with Gasteiger partial charge in [0, 0.05) is 44.4 Å². The second-order valence-corrected chi connectivity index (χ2v) is 13.4. The predicted octanol–water partition coefficient (Wildman–Crippen LogP) is 6.24. The standard InChI is InChI=1S/C38H49F2N3O5/c1-8-48-34(44)18-32(30-17-29(15-26(6)36(30)40)35-24(4)10-9-11-25(35)5)41-37(45)33(14-23(2)3)43-21-27(16-31(39)38(43)46)12-13-42-19-28(20-42)22-47-7/h9-11,15-17,21,23,28,32-33H,8,12-14,18-20,22H2,1-7H3,(H,41,45). The largest absolute Gasteiger partial charge is 0.466 e. The third-order valence-electron chi connectivity index (χ3n) is 8.96. The van der Waals surface area contributed by atoms with Gasteiger partial charge in [-0.15, -0.1) is 0 Å². The first-order valence-electron chi connectivity index (χ1n) is 16.8. The maximum atomic E-state index is 16.0. The Labute approximate surface area is 282 Å². The van der Waals surface area contributed by atoms with Crippen molar-refractivity contribution in [2.45, 2.75) is 72.9 Å². The second-order valence-electron chi connectivity index (χ2n) is 13.4. The fourth-order valence-electron chi connectivity index (χ4n) is 6.63. The molecule has 1 saturated heterocycles. The normalized spacial score (nSPS) is 14.9. The molecule has 2 heterocycles. The molecule has 3 aromatic rings. The number of esters is 1. The Bertz CT molecular complexity index is 1640. The number of carbonyl (C=O) groups excluding carboxylic acids is 2. The van der Waals surface area contributed by atoms with E-state index in [1.54, 1.807) is 39.3 Å². The zero-order chi connectivity index (χ0) is 35.1. The average Bonchev–Trinajstić information content (AvgIpc) is 3.00. The van der Waals surface area contributed by atoms with Crippen LogP contribution >= 0.6 is 0 Å². The van der Waals surface area contributed by atoms with Gasteiger partial charge in [-0.2, -0.15) is 0 Å². The highest BCUT2D eigenvalue weighted by atomic mass is 19.1. The van der Waals surface area contributed by atoms with E-state index in [0.717, 1.165) is 39.9 Å². The molecule has 2 atom stereocenters. The number of nitrogens with one attached hydrogen (secondary N) is 1. The van der Waals surface area contributed by atoms with E-state index in [-0.39, 0.29) is 30.9 Å². The van der Waals surface area contributed by atoms with Crippen LogP contribution in [0.3, 0.4) is 0 Å². The smallest absolute Gasteiger partial charge is 0.308 e. The molecule has 1 aliphatic rings. The lowest BCUT2D eigenvalue weighted by atomic mass is 9.90. The molecule has 0 radical (unpaired) electrons. The number of carbonyl (C=O) groups is 2. The Morgan fingerprint density at radius 2 is 1.73 bits per heavy atom. The van der Waals surface area contributed by atoms with Gasteiger partial charge < -0.3 is 24.3 Å². The van der Waals surface area contributed by atoms with Crippen molar-refractivity contribution >= 4 is 11.9 Å². The van der Waals surface area contributed by atoms with Gasteiger partial charge in [0.2, 0.25) is 5.91 Å². The van der Waals surface area contributed by atoms with Crippen LogP contribution in [-0.2, 0) is 25.5 Å². The molecule has 0 bridgehead atoms. The van der Waals surface area contributed by atoms with Gasteiger partial charge in [0.15, 0.2) is 5.82 Å². The van der Waals surface area contributed by atoms with Crippen LogP contribution in [0.4, 0.5) is 8.78 Å². The molecule has 4 rings (SSSR count). The van der Waals surface area contributed by atoms with Crippen LogP contribution < -0.4 is 10.9 Å². The summed E-state index contributed by atoms with van der Waals surface area (Å²) in [5, 5.41) is 2.87. The highest BCUT2D eigenvalue weighted by Gasteiger charge is 2.31. The van der Waals surface area contributed by atoms with Crippen molar-refractivity contribution in [3.05, 3.63) is 92.4 Å². The number of methoxy groups -OCH3 is 1. The van der Waals surface area contributed by atoms with Crippen LogP contribution in [-0.4, -0.2) is 61.3 Å². The van der Waals surface area contributed by atoms with E-state index in [4.69, 9.17) is 9.47 Å². The topological polar surface area (TPSA) is 89.9 Å². The summed E-state index contributed by atoms with van der Waals surface area (Å²) in [5.74, 6) is -2.30. The third-order valence-corrected chi connectivity index (χ3v) is 8.96. The fourth-order valence-corrected chi connectivity index (χ4v) is 6.63. The van der Waals surface area contributed by atoms with Crippen LogP contribution in [0.1, 0.15) is 73.5 Å². The quantitative estimate of drug-likeness (QED) is 0.194. The van der Waals surface area contributed by atoms with Gasteiger partial charge in [0.05, 0.1) is 25.7 Å². The highest BCUT2D eigenvalue weighted by Crippen LogP contribution is 2.34. The van der Waals surface area contributed by atoms with Crippen molar-refractivity contribution in [3.63, 3.8) is 0 Å². The lowest BCUT2D eigenvalue weighted by Gasteiger charge is -2.38. The number of rotatable bonds is 15. The van der Waals surface area contributed by atoms with E-state index in [1.165, 1.54) is 6.07 Å². The monoisotopic (exact) mass is 665 g/mol. The number of likely N-dealkylation sites (tertiary alicyclic amines) is 1. The Balaban J connectivity index is 1.69. The number of aryl methyl sites for hydroxylation is 3. The number of ether oxygens (including phenoxy) is 2. The number of hydrogen-bond acceptors (Lipinski definition) is 6. The molecule has 2 unspecified atom stereocenters. The Hall–Kier alpha value is -3.89. The van der Waals surface area contributed by atoms with E-state index in [0.29, 0.717) is 36.6 Å². The summed E-state index contributed by atoms with van der Waals surface area (Å²) in [5.41, 5.74) is 3.86. The van der Waals surface area contributed by atoms with Crippen molar-refractivity contribution < 1.29 is 27.8 Å². The van der Waals surface area contributed by atoms with Crippen LogP contribution in [0.15, 0.2) is 47.4 Å². The fraction of sp³-hybridized carbons (Fsp3) is 0.500. The van der Waals surface area contributed by atoms with Gasteiger partial charge in [-0.3, -0.25) is 14.4 Å². The molecule has 1 amide bonds. The van der Waals surface area contributed by atoms with E-state index in [1.807, 2.05) is 45.9 Å². The van der Waals surface area contributed by atoms with Gasteiger partial charge in [0.25, 0.3) is 5.56 Å².